The lowest BCUT2D eigenvalue weighted by Crippen LogP contribution is -2.29. The van der Waals surface area contributed by atoms with Crippen molar-refractivity contribution in [3.8, 4) is 0 Å². The SMILES string of the molecule is O=c1cc(N(CCO)Cc2ccccc2)nc2c3ccccc3ccn12. The van der Waals surface area contributed by atoms with Gasteiger partial charge in [-0.05, 0) is 17.0 Å². The monoisotopic (exact) mass is 345 g/mol. The fourth-order valence-electron chi connectivity index (χ4n) is 3.17. The number of aliphatic hydroxyl groups excluding tert-OH is 1. The Morgan fingerprint density at radius 3 is 2.58 bits per heavy atom. The quantitative estimate of drug-likeness (QED) is 0.565. The molecular formula is C21H19N3O2. The second kappa shape index (κ2) is 6.98. The first-order valence-corrected chi connectivity index (χ1v) is 8.57. The maximum Gasteiger partial charge on any atom is 0.259 e. The van der Waals surface area contributed by atoms with Crippen molar-refractivity contribution >= 4 is 22.2 Å². The van der Waals surface area contributed by atoms with Crippen LogP contribution in [0.1, 0.15) is 5.56 Å². The second-order valence-corrected chi connectivity index (χ2v) is 6.18. The normalized spacial score (nSPS) is 11.1. The smallest absolute Gasteiger partial charge is 0.259 e. The van der Waals surface area contributed by atoms with Gasteiger partial charge in [0.15, 0.2) is 0 Å². The number of benzene rings is 2. The van der Waals surface area contributed by atoms with E-state index in [9.17, 15) is 9.90 Å². The Labute approximate surface area is 150 Å². The van der Waals surface area contributed by atoms with Crippen LogP contribution in [-0.2, 0) is 6.54 Å². The van der Waals surface area contributed by atoms with Crippen LogP contribution in [0.3, 0.4) is 0 Å². The Bertz CT molecular complexity index is 1110. The summed E-state index contributed by atoms with van der Waals surface area (Å²) in [4.78, 5) is 19.3. The van der Waals surface area contributed by atoms with Crippen LogP contribution in [0.15, 0.2) is 77.7 Å². The number of nitrogens with zero attached hydrogens (tertiary/aromatic N) is 3. The predicted octanol–water partition coefficient (Wildman–Crippen LogP) is 2.85. The van der Waals surface area contributed by atoms with E-state index >= 15 is 0 Å². The molecule has 1 N–H and O–H groups in total. The number of aliphatic hydroxyl groups is 1. The Balaban J connectivity index is 1.86. The van der Waals surface area contributed by atoms with Crippen molar-refractivity contribution in [2.75, 3.05) is 18.1 Å². The fraction of sp³-hybridized carbons (Fsp3) is 0.143. The van der Waals surface area contributed by atoms with Crippen LogP contribution in [0.25, 0.3) is 16.4 Å². The summed E-state index contributed by atoms with van der Waals surface area (Å²) >= 11 is 0. The van der Waals surface area contributed by atoms with E-state index in [2.05, 4.69) is 0 Å². The molecule has 0 aliphatic carbocycles. The molecule has 4 aromatic rings. The minimum Gasteiger partial charge on any atom is -0.395 e. The minimum absolute atomic E-state index is 0.0105. The van der Waals surface area contributed by atoms with Crippen molar-refractivity contribution in [1.29, 1.82) is 0 Å². The minimum atomic E-state index is -0.133. The lowest BCUT2D eigenvalue weighted by Gasteiger charge is -2.23. The van der Waals surface area contributed by atoms with Gasteiger partial charge in [0, 0.05) is 30.7 Å². The van der Waals surface area contributed by atoms with E-state index in [4.69, 9.17) is 4.98 Å². The molecule has 0 aliphatic rings. The van der Waals surface area contributed by atoms with E-state index in [0.717, 1.165) is 16.3 Å². The summed E-state index contributed by atoms with van der Waals surface area (Å²) in [5, 5.41) is 11.4. The molecule has 0 saturated carbocycles. The lowest BCUT2D eigenvalue weighted by molar-refractivity contribution is 0.301. The zero-order valence-electron chi connectivity index (χ0n) is 14.2. The van der Waals surface area contributed by atoms with Crippen molar-refractivity contribution in [2.24, 2.45) is 0 Å². The van der Waals surface area contributed by atoms with Gasteiger partial charge in [0.25, 0.3) is 5.56 Å². The number of pyridine rings is 1. The second-order valence-electron chi connectivity index (χ2n) is 6.18. The van der Waals surface area contributed by atoms with Crippen LogP contribution in [-0.4, -0.2) is 27.6 Å². The van der Waals surface area contributed by atoms with Crippen molar-refractivity contribution in [2.45, 2.75) is 6.54 Å². The molecule has 2 heterocycles. The molecule has 0 unspecified atom stereocenters. The molecule has 5 heteroatoms. The highest BCUT2D eigenvalue weighted by Gasteiger charge is 2.12. The average Bonchev–Trinajstić information content (AvgIpc) is 2.68. The highest BCUT2D eigenvalue weighted by atomic mass is 16.3. The van der Waals surface area contributed by atoms with Crippen LogP contribution < -0.4 is 10.5 Å². The van der Waals surface area contributed by atoms with Crippen molar-refractivity contribution in [3.63, 3.8) is 0 Å². The Morgan fingerprint density at radius 1 is 1.00 bits per heavy atom. The topological polar surface area (TPSA) is 57.8 Å². The van der Waals surface area contributed by atoms with Gasteiger partial charge in [0.05, 0.1) is 6.61 Å². The third-order valence-electron chi connectivity index (χ3n) is 4.45. The summed E-state index contributed by atoms with van der Waals surface area (Å²) in [6.45, 7) is 0.973. The van der Waals surface area contributed by atoms with Gasteiger partial charge in [-0.25, -0.2) is 4.98 Å². The van der Waals surface area contributed by atoms with Gasteiger partial charge < -0.3 is 10.0 Å². The maximum absolute atomic E-state index is 12.6. The molecule has 26 heavy (non-hydrogen) atoms. The van der Waals surface area contributed by atoms with Gasteiger partial charge in [-0.15, -0.1) is 0 Å². The number of anilines is 1. The molecule has 0 saturated heterocycles. The Morgan fingerprint density at radius 2 is 1.77 bits per heavy atom. The molecule has 0 bridgehead atoms. The van der Waals surface area contributed by atoms with Gasteiger partial charge in [0.1, 0.15) is 11.5 Å². The molecule has 2 aromatic carbocycles. The molecule has 5 nitrogen and oxygen atoms in total. The zero-order chi connectivity index (χ0) is 17.9. The Kier molecular flexibility index (Phi) is 4.37. The summed E-state index contributed by atoms with van der Waals surface area (Å²) in [6, 6.07) is 21.3. The molecule has 4 rings (SSSR count). The molecule has 0 radical (unpaired) electrons. The summed E-state index contributed by atoms with van der Waals surface area (Å²) < 4.78 is 1.56. The van der Waals surface area contributed by atoms with Crippen LogP contribution >= 0.6 is 0 Å². The van der Waals surface area contributed by atoms with Crippen LogP contribution in [0.4, 0.5) is 5.82 Å². The molecule has 2 aromatic heterocycles. The molecule has 0 atom stereocenters. The summed E-state index contributed by atoms with van der Waals surface area (Å²) in [5.41, 5.74) is 1.59. The van der Waals surface area contributed by atoms with Crippen LogP contribution in [0, 0.1) is 0 Å². The number of hydrogen-bond donors (Lipinski definition) is 1. The van der Waals surface area contributed by atoms with Gasteiger partial charge in [-0.2, -0.15) is 0 Å². The number of rotatable bonds is 5. The standard InChI is InChI=1S/C21H19N3O2/c25-13-12-23(15-16-6-2-1-3-7-16)19-14-20(26)24-11-10-17-8-4-5-9-18(17)21(24)22-19/h1-11,14,25H,12-13,15H2. The Hall–Kier alpha value is -3.18. The zero-order valence-corrected chi connectivity index (χ0v) is 14.2. The van der Waals surface area contributed by atoms with Crippen LogP contribution in [0.2, 0.25) is 0 Å². The molecule has 0 spiro atoms. The van der Waals surface area contributed by atoms with Gasteiger partial charge >= 0.3 is 0 Å². The molecule has 0 amide bonds. The van der Waals surface area contributed by atoms with E-state index in [1.807, 2.05) is 65.6 Å². The van der Waals surface area contributed by atoms with E-state index in [0.29, 0.717) is 24.6 Å². The van der Waals surface area contributed by atoms with E-state index in [1.54, 1.807) is 10.6 Å². The van der Waals surface area contributed by atoms with Crippen molar-refractivity contribution in [3.05, 3.63) is 88.8 Å². The molecule has 130 valence electrons. The molecule has 0 fully saturated rings. The highest BCUT2D eigenvalue weighted by Crippen LogP contribution is 2.20. The summed E-state index contributed by atoms with van der Waals surface area (Å²) in [6.07, 6.45) is 1.75. The first-order valence-electron chi connectivity index (χ1n) is 8.57. The van der Waals surface area contributed by atoms with Gasteiger partial charge in [0.2, 0.25) is 0 Å². The van der Waals surface area contributed by atoms with Gasteiger partial charge in [-0.1, -0.05) is 54.6 Å². The number of aromatic nitrogens is 2. The van der Waals surface area contributed by atoms with E-state index in [-0.39, 0.29) is 12.2 Å². The highest BCUT2D eigenvalue weighted by molar-refractivity contribution is 5.94. The van der Waals surface area contributed by atoms with Crippen LogP contribution in [0.5, 0.6) is 0 Å². The van der Waals surface area contributed by atoms with Crippen molar-refractivity contribution in [1.82, 2.24) is 9.38 Å². The fourth-order valence-corrected chi connectivity index (χ4v) is 3.17. The summed E-state index contributed by atoms with van der Waals surface area (Å²) in [5.74, 6) is 0.573. The largest absolute Gasteiger partial charge is 0.395 e. The lowest BCUT2D eigenvalue weighted by atomic mass is 10.1. The van der Waals surface area contributed by atoms with Crippen molar-refractivity contribution < 1.29 is 5.11 Å². The molecular weight excluding hydrogens is 326 g/mol. The summed E-state index contributed by atoms with van der Waals surface area (Å²) in [7, 11) is 0. The number of hydrogen-bond acceptors (Lipinski definition) is 4. The predicted molar refractivity (Wildman–Crippen MR) is 104 cm³/mol. The van der Waals surface area contributed by atoms with E-state index < -0.39 is 0 Å². The number of fused-ring (bicyclic) bond motifs is 3. The van der Waals surface area contributed by atoms with E-state index in [1.165, 1.54) is 6.07 Å². The third kappa shape index (κ3) is 3.05. The maximum atomic E-state index is 12.6. The third-order valence-corrected chi connectivity index (χ3v) is 4.45. The first-order chi connectivity index (χ1) is 12.8. The average molecular weight is 345 g/mol. The molecule has 0 aliphatic heterocycles. The van der Waals surface area contributed by atoms with Gasteiger partial charge in [-0.3, -0.25) is 9.20 Å². The first kappa shape index (κ1) is 16.3.